The SMILES string of the molecule is CCc1ccc(C(=O)COC(=O)C2CCN(S(=O)(=O)c3ccc(C)cc3)CC2)cc1. The van der Waals surface area contributed by atoms with Gasteiger partial charge in [0.05, 0.1) is 10.8 Å². The number of hydrogen-bond donors (Lipinski definition) is 0. The summed E-state index contributed by atoms with van der Waals surface area (Å²) in [7, 11) is -3.57. The van der Waals surface area contributed by atoms with Crippen molar-refractivity contribution in [3.8, 4) is 0 Å². The van der Waals surface area contributed by atoms with Crippen molar-refractivity contribution in [3.05, 3.63) is 65.2 Å². The number of ketones is 1. The monoisotopic (exact) mass is 429 g/mol. The third-order valence-electron chi connectivity index (χ3n) is 5.48. The van der Waals surface area contributed by atoms with Crippen LogP contribution in [-0.2, 0) is 26.0 Å². The molecular weight excluding hydrogens is 402 g/mol. The molecular formula is C23H27NO5S. The van der Waals surface area contributed by atoms with E-state index in [2.05, 4.69) is 0 Å². The average molecular weight is 430 g/mol. The normalized spacial score (nSPS) is 15.7. The van der Waals surface area contributed by atoms with Crippen molar-refractivity contribution in [2.75, 3.05) is 19.7 Å². The van der Waals surface area contributed by atoms with Gasteiger partial charge in [0.1, 0.15) is 0 Å². The van der Waals surface area contributed by atoms with Gasteiger partial charge in [-0.3, -0.25) is 9.59 Å². The minimum Gasteiger partial charge on any atom is -0.457 e. The Morgan fingerprint density at radius 2 is 1.60 bits per heavy atom. The van der Waals surface area contributed by atoms with Crippen LogP contribution < -0.4 is 0 Å². The lowest BCUT2D eigenvalue weighted by atomic mass is 9.98. The number of carbonyl (C=O) groups is 2. The van der Waals surface area contributed by atoms with Crippen LogP contribution in [0.5, 0.6) is 0 Å². The molecule has 1 fully saturated rings. The zero-order chi connectivity index (χ0) is 21.7. The maximum Gasteiger partial charge on any atom is 0.309 e. The Morgan fingerprint density at radius 3 is 2.17 bits per heavy atom. The van der Waals surface area contributed by atoms with Gasteiger partial charge in [0.25, 0.3) is 0 Å². The first-order valence-electron chi connectivity index (χ1n) is 10.2. The predicted molar refractivity (Wildman–Crippen MR) is 114 cm³/mol. The molecule has 0 amide bonds. The summed E-state index contributed by atoms with van der Waals surface area (Å²) >= 11 is 0. The van der Waals surface area contributed by atoms with Crippen LogP contribution in [0.25, 0.3) is 0 Å². The zero-order valence-electron chi connectivity index (χ0n) is 17.3. The lowest BCUT2D eigenvalue weighted by Gasteiger charge is -2.30. The number of carbonyl (C=O) groups excluding carboxylic acids is 2. The Balaban J connectivity index is 1.51. The van der Waals surface area contributed by atoms with Crippen LogP contribution in [0.3, 0.4) is 0 Å². The number of esters is 1. The molecule has 160 valence electrons. The van der Waals surface area contributed by atoms with E-state index >= 15 is 0 Å². The van der Waals surface area contributed by atoms with Gasteiger partial charge in [0, 0.05) is 18.7 Å². The molecule has 3 rings (SSSR count). The lowest BCUT2D eigenvalue weighted by molar-refractivity contribution is -0.148. The first kappa shape index (κ1) is 22.2. The number of Topliss-reactive ketones (excluding diaryl/α,β-unsaturated/α-hetero) is 1. The quantitative estimate of drug-likeness (QED) is 0.498. The molecule has 0 radical (unpaired) electrons. The molecule has 0 aliphatic carbocycles. The Kier molecular flexibility index (Phi) is 7.05. The van der Waals surface area contributed by atoms with Crippen LogP contribution >= 0.6 is 0 Å². The molecule has 1 saturated heterocycles. The summed E-state index contributed by atoms with van der Waals surface area (Å²) < 4.78 is 32.1. The number of piperidine rings is 1. The van der Waals surface area contributed by atoms with Crippen LogP contribution in [0.4, 0.5) is 0 Å². The molecule has 0 bridgehead atoms. The third-order valence-corrected chi connectivity index (χ3v) is 7.39. The van der Waals surface area contributed by atoms with Gasteiger partial charge in [0.2, 0.25) is 10.0 Å². The molecule has 1 aliphatic heterocycles. The minimum atomic E-state index is -3.57. The van der Waals surface area contributed by atoms with Crippen molar-refractivity contribution >= 4 is 21.8 Å². The fraction of sp³-hybridized carbons (Fsp3) is 0.391. The Labute approximate surface area is 177 Å². The second kappa shape index (κ2) is 9.53. The smallest absolute Gasteiger partial charge is 0.309 e. The summed E-state index contributed by atoms with van der Waals surface area (Å²) in [6.45, 7) is 4.14. The highest BCUT2D eigenvalue weighted by Gasteiger charge is 2.33. The van der Waals surface area contributed by atoms with Crippen LogP contribution in [0.2, 0.25) is 0 Å². The second-order valence-corrected chi connectivity index (χ2v) is 9.51. The molecule has 2 aromatic carbocycles. The molecule has 0 spiro atoms. The number of benzene rings is 2. The summed E-state index contributed by atoms with van der Waals surface area (Å²) in [5, 5.41) is 0. The van der Waals surface area contributed by atoms with Crippen molar-refractivity contribution in [2.45, 2.75) is 38.0 Å². The number of hydrogen-bond acceptors (Lipinski definition) is 5. The number of sulfonamides is 1. The van der Waals surface area contributed by atoms with Crippen LogP contribution in [0.1, 0.15) is 41.3 Å². The fourth-order valence-corrected chi connectivity index (χ4v) is 4.93. The van der Waals surface area contributed by atoms with E-state index < -0.39 is 21.9 Å². The highest BCUT2D eigenvalue weighted by molar-refractivity contribution is 7.89. The number of ether oxygens (including phenoxy) is 1. The maximum absolute atomic E-state index is 12.8. The number of nitrogens with zero attached hydrogens (tertiary/aromatic N) is 1. The van der Waals surface area contributed by atoms with E-state index in [1.165, 1.54) is 4.31 Å². The van der Waals surface area contributed by atoms with Gasteiger partial charge < -0.3 is 4.74 Å². The standard InChI is InChI=1S/C23H27NO5S/c1-3-18-6-8-19(9-7-18)22(25)16-29-23(26)20-12-14-24(15-13-20)30(27,28)21-10-4-17(2)5-11-21/h4-11,20H,3,12-16H2,1-2H3. The molecule has 0 aromatic heterocycles. The molecule has 7 heteroatoms. The molecule has 30 heavy (non-hydrogen) atoms. The molecule has 0 atom stereocenters. The first-order valence-corrected chi connectivity index (χ1v) is 11.6. The van der Waals surface area contributed by atoms with Gasteiger partial charge in [-0.1, -0.05) is 48.9 Å². The molecule has 6 nitrogen and oxygen atoms in total. The third kappa shape index (κ3) is 5.15. The van der Waals surface area contributed by atoms with Gasteiger partial charge in [0.15, 0.2) is 12.4 Å². The van der Waals surface area contributed by atoms with E-state index in [0.717, 1.165) is 17.5 Å². The Hall–Kier alpha value is -2.51. The molecule has 0 N–H and O–H groups in total. The average Bonchev–Trinajstić information content (AvgIpc) is 2.77. The van der Waals surface area contributed by atoms with Gasteiger partial charge in [-0.05, 0) is 43.9 Å². The Morgan fingerprint density at radius 1 is 1.00 bits per heavy atom. The predicted octanol–water partition coefficient (Wildman–Crippen LogP) is 3.38. The van der Waals surface area contributed by atoms with Crippen molar-refractivity contribution in [2.24, 2.45) is 5.92 Å². The number of rotatable bonds is 7. The van der Waals surface area contributed by atoms with E-state index in [0.29, 0.717) is 18.4 Å². The van der Waals surface area contributed by atoms with Crippen LogP contribution in [0.15, 0.2) is 53.4 Å². The van der Waals surface area contributed by atoms with Gasteiger partial charge >= 0.3 is 5.97 Å². The summed E-state index contributed by atoms with van der Waals surface area (Å²) in [6, 6.07) is 14.0. The second-order valence-electron chi connectivity index (χ2n) is 7.57. The van der Waals surface area contributed by atoms with Crippen molar-refractivity contribution in [1.82, 2.24) is 4.31 Å². The largest absolute Gasteiger partial charge is 0.457 e. The first-order chi connectivity index (χ1) is 14.3. The van der Waals surface area contributed by atoms with Crippen molar-refractivity contribution in [3.63, 3.8) is 0 Å². The van der Waals surface area contributed by atoms with Crippen molar-refractivity contribution < 1.29 is 22.7 Å². The van der Waals surface area contributed by atoms with Crippen molar-refractivity contribution in [1.29, 1.82) is 0 Å². The summed E-state index contributed by atoms with van der Waals surface area (Å²) in [5.74, 6) is -1.09. The van der Waals surface area contributed by atoms with Gasteiger partial charge in [-0.25, -0.2) is 8.42 Å². The summed E-state index contributed by atoms with van der Waals surface area (Å²) in [5.41, 5.74) is 2.64. The summed E-state index contributed by atoms with van der Waals surface area (Å²) in [6.07, 6.45) is 1.65. The van der Waals surface area contributed by atoms with Gasteiger partial charge in [-0.15, -0.1) is 0 Å². The van der Waals surface area contributed by atoms with E-state index in [1.807, 2.05) is 26.0 Å². The van der Waals surface area contributed by atoms with E-state index in [-0.39, 0.29) is 30.4 Å². The maximum atomic E-state index is 12.8. The van der Waals surface area contributed by atoms with Gasteiger partial charge in [-0.2, -0.15) is 4.31 Å². The molecule has 0 saturated carbocycles. The minimum absolute atomic E-state index is 0.245. The fourth-order valence-electron chi connectivity index (χ4n) is 3.46. The van der Waals surface area contributed by atoms with Crippen LogP contribution in [0, 0.1) is 12.8 Å². The van der Waals surface area contributed by atoms with E-state index in [1.54, 1.807) is 36.4 Å². The topological polar surface area (TPSA) is 80.8 Å². The zero-order valence-corrected chi connectivity index (χ0v) is 18.2. The lowest BCUT2D eigenvalue weighted by Crippen LogP contribution is -2.40. The molecule has 1 aliphatic rings. The molecule has 1 heterocycles. The number of aryl methyl sites for hydroxylation is 2. The Bertz CT molecular complexity index is 989. The highest BCUT2D eigenvalue weighted by Crippen LogP contribution is 2.25. The van der Waals surface area contributed by atoms with E-state index in [4.69, 9.17) is 4.74 Å². The molecule has 2 aromatic rings. The van der Waals surface area contributed by atoms with Crippen LogP contribution in [-0.4, -0.2) is 44.2 Å². The van der Waals surface area contributed by atoms with E-state index in [9.17, 15) is 18.0 Å². The summed E-state index contributed by atoms with van der Waals surface area (Å²) in [4.78, 5) is 24.8. The highest BCUT2D eigenvalue weighted by atomic mass is 32.2. The molecule has 0 unspecified atom stereocenters.